The lowest BCUT2D eigenvalue weighted by atomic mass is 10.0. The van der Waals surface area contributed by atoms with Crippen LogP contribution in [0.1, 0.15) is 50.1 Å². The fourth-order valence-corrected chi connectivity index (χ4v) is 1.96. The highest BCUT2D eigenvalue weighted by Gasteiger charge is 2.18. The van der Waals surface area contributed by atoms with Gasteiger partial charge in [-0.1, -0.05) is 24.9 Å². The maximum absolute atomic E-state index is 5.34. The van der Waals surface area contributed by atoms with Gasteiger partial charge in [0.05, 0.1) is 11.7 Å². The average Bonchev–Trinajstić information content (AvgIpc) is 2.68. The standard InChI is InChI=1S/C11H18N2O/c1-2-5-9-8-11(14-13-9)10-6-3-4-7-12-10/h8,10,12H,2-7H2,1H3. The first kappa shape index (κ1) is 9.71. The van der Waals surface area contributed by atoms with E-state index >= 15 is 0 Å². The summed E-state index contributed by atoms with van der Waals surface area (Å²) in [7, 11) is 0. The Morgan fingerprint density at radius 3 is 3.21 bits per heavy atom. The fraction of sp³-hybridized carbons (Fsp3) is 0.727. The molecule has 1 aliphatic rings. The van der Waals surface area contributed by atoms with Crippen LogP contribution in [0.3, 0.4) is 0 Å². The van der Waals surface area contributed by atoms with Gasteiger partial charge in [-0.2, -0.15) is 0 Å². The van der Waals surface area contributed by atoms with E-state index in [9.17, 15) is 0 Å². The molecule has 0 bridgehead atoms. The molecule has 0 radical (unpaired) electrons. The topological polar surface area (TPSA) is 38.1 Å². The van der Waals surface area contributed by atoms with Gasteiger partial charge in [-0.25, -0.2) is 0 Å². The van der Waals surface area contributed by atoms with Crippen molar-refractivity contribution in [3.05, 3.63) is 17.5 Å². The average molecular weight is 194 g/mol. The van der Waals surface area contributed by atoms with Crippen LogP contribution in [0.4, 0.5) is 0 Å². The number of piperidine rings is 1. The van der Waals surface area contributed by atoms with E-state index in [1.54, 1.807) is 0 Å². The third-order valence-corrected chi connectivity index (χ3v) is 2.74. The van der Waals surface area contributed by atoms with E-state index in [1.807, 2.05) is 0 Å². The summed E-state index contributed by atoms with van der Waals surface area (Å²) in [6, 6.07) is 2.51. The van der Waals surface area contributed by atoms with E-state index in [4.69, 9.17) is 4.52 Å². The van der Waals surface area contributed by atoms with E-state index in [-0.39, 0.29) is 0 Å². The van der Waals surface area contributed by atoms with Gasteiger partial charge in [0.1, 0.15) is 0 Å². The van der Waals surface area contributed by atoms with E-state index in [0.717, 1.165) is 30.8 Å². The molecule has 1 saturated heterocycles. The largest absolute Gasteiger partial charge is 0.359 e. The number of nitrogens with zero attached hydrogens (tertiary/aromatic N) is 1. The molecule has 1 fully saturated rings. The molecule has 2 rings (SSSR count). The number of nitrogens with one attached hydrogen (secondary N) is 1. The van der Waals surface area contributed by atoms with Gasteiger partial charge >= 0.3 is 0 Å². The second kappa shape index (κ2) is 4.60. The van der Waals surface area contributed by atoms with Crippen molar-refractivity contribution in [1.29, 1.82) is 0 Å². The van der Waals surface area contributed by atoms with Gasteiger partial charge in [0.2, 0.25) is 0 Å². The van der Waals surface area contributed by atoms with E-state index in [1.165, 1.54) is 19.3 Å². The van der Waals surface area contributed by atoms with Crippen molar-refractivity contribution in [2.45, 2.75) is 45.1 Å². The second-order valence-electron chi connectivity index (χ2n) is 3.97. The van der Waals surface area contributed by atoms with Crippen LogP contribution >= 0.6 is 0 Å². The number of rotatable bonds is 3. The van der Waals surface area contributed by atoms with Crippen LogP contribution in [0.15, 0.2) is 10.6 Å². The lowest BCUT2D eigenvalue weighted by Gasteiger charge is -2.20. The summed E-state index contributed by atoms with van der Waals surface area (Å²) in [6.07, 6.45) is 5.91. The number of hydrogen-bond donors (Lipinski definition) is 1. The van der Waals surface area contributed by atoms with Gasteiger partial charge < -0.3 is 9.84 Å². The molecule has 0 spiro atoms. The number of aryl methyl sites for hydroxylation is 1. The molecule has 0 saturated carbocycles. The van der Waals surface area contributed by atoms with Crippen molar-refractivity contribution in [1.82, 2.24) is 10.5 Å². The van der Waals surface area contributed by atoms with Gasteiger partial charge in [-0.05, 0) is 25.8 Å². The molecule has 1 aliphatic heterocycles. The molecule has 3 nitrogen and oxygen atoms in total. The van der Waals surface area contributed by atoms with Crippen LogP contribution in [0.2, 0.25) is 0 Å². The maximum Gasteiger partial charge on any atom is 0.153 e. The Morgan fingerprint density at radius 1 is 1.57 bits per heavy atom. The molecule has 14 heavy (non-hydrogen) atoms. The summed E-state index contributed by atoms with van der Waals surface area (Å²) >= 11 is 0. The van der Waals surface area contributed by atoms with Crippen molar-refractivity contribution < 1.29 is 4.52 Å². The first-order valence-corrected chi connectivity index (χ1v) is 5.59. The predicted octanol–water partition coefficient (Wildman–Crippen LogP) is 2.44. The van der Waals surface area contributed by atoms with E-state index in [2.05, 4.69) is 23.5 Å². The van der Waals surface area contributed by atoms with Crippen LogP contribution in [-0.2, 0) is 6.42 Å². The Kier molecular flexibility index (Phi) is 3.19. The minimum absolute atomic E-state index is 0.404. The van der Waals surface area contributed by atoms with Crippen molar-refractivity contribution in [3.63, 3.8) is 0 Å². The highest BCUT2D eigenvalue weighted by Crippen LogP contribution is 2.23. The van der Waals surface area contributed by atoms with Gasteiger partial charge in [0.25, 0.3) is 0 Å². The summed E-state index contributed by atoms with van der Waals surface area (Å²) in [4.78, 5) is 0. The molecular weight excluding hydrogens is 176 g/mol. The van der Waals surface area contributed by atoms with Gasteiger partial charge in [-0.3, -0.25) is 0 Å². The third kappa shape index (κ3) is 2.15. The molecule has 2 heterocycles. The summed E-state index contributed by atoms with van der Waals surface area (Å²) < 4.78 is 5.34. The molecule has 0 aromatic carbocycles. The summed E-state index contributed by atoms with van der Waals surface area (Å²) in [5.41, 5.74) is 1.09. The number of hydrogen-bond acceptors (Lipinski definition) is 3. The smallest absolute Gasteiger partial charge is 0.153 e. The van der Waals surface area contributed by atoms with E-state index < -0.39 is 0 Å². The molecule has 78 valence electrons. The Bertz CT molecular complexity index is 277. The molecule has 1 atom stereocenters. The van der Waals surface area contributed by atoms with Gasteiger partial charge in [-0.15, -0.1) is 0 Å². The summed E-state index contributed by atoms with van der Waals surface area (Å²) in [5.74, 6) is 1.02. The SMILES string of the molecule is CCCc1cc(C2CCCCN2)on1. The number of aromatic nitrogens is 1. The van der Waals surface area contributed by atoms with Crippen molar-refractivity contribution >= 4 is 0 Å². The molecule has 1 unspecified atom stereocenters. The molecule has 3 heteroatoms. The first-order valence-electron chi connectivity index (χ1n) is 5.59. The second-order valence-corrected chi connectivity index (χ2v) is 3.97. The molecule has 1 N–H and O–H groups in total. The molecule has 1 aromatic heterocycles. The zero-order chi connectivity index (χ0) is 9.80. The molecule has 0 amide bonds. The van der Waals surface area contributed by atoms with Crippen LogP contribution in [0.5, 0.6) is 0 Å². The Morgan fingerprint density at radius 2 is 2.50 bits per heavy atom. The van der Waals surface area contributed by atoms with Crippen molar-refractivity contribution in [3.8, 4) is 0 Å². The summed E-state index contributed by atoms with van der Waals surface area (Å²) in [6.45, 7) is 3.27. The Labute approximate surface area is 84.9 Å². The maximum atomic E-state index is 5.34. The lowest BCUT2D eigenvalue weighted by molar-refractivity contribution is 0.303. The van der Waals surface area contributed by atoms with Gasteiger partial charge in [0, 0.05) is 6.07 Å². The normalized spacial score (nSPS) is 22.5. The van der Waals surface area contributed by atoms with Crippen LogP contribution in [0.25, 0.3) is 0 Å². The minimum Gasteiger partial charge on any atom is -0.359 e. The zero-order valence-corrected chi connectivity index (χ0v) is 8.75. The van der Waals surface area contributed by atoms with E-state index in [0.29, 0.717) is 6.04 Å². The molecular formula is C11H18N2O. The molecule has 1 aromatic rings. The van der Waals surface area contributed by atoms with Crippen LogP contribution in [0, 0.1) is 0 Å². The minimum atomic E-state index is 0.404. The van der Waals surface area contributed by atoms with Crippen LogP contribution in [-0.4, -0.2) is 11.7 Å². The third-order valence-electron chi connectivity index (χ3n) is 2.74. The van der Waals surface area contributed by atoms with Crippen molar-refractivity contribution in [2.24, 2.45) is 0 Å². The van der Waals surface area contributed by atoms with Crippen LogP contribution < -0.4 is 5.32 Å². The fourth-order valence-electron chi connectivity index (χ4n) is 1.96. The zero-order valence-electron chi connectivity index (χ0n) is 8.75. The first-order chi connectivity index (χ1) is 6.90. The lowest BCUT2D eigenvalue weighted by Crippen LogP contribution is -2.26. The van der Waals surface area contributed by atoms with Crippen molar-refractivity contribution in [2.75, 3.05) is 6.54 Å². The highest BCUT2D eigenvalue weighted by molar-refractivity contribution is 5.10. The molecule has 0 aliphatic carbocycles. The predicted molar refractivity (Wildman–Crippen MR) is 55.1 cm³/mol. The quantitative estimate of drug-likeness (QED) is 0.803. The Balaban J connectivity index is 2.00. The van der Waals surface area contributed by atoms with Gasteiger partial charge in [0.15, 0.2) is 5.76 Å². The highest BCUT2D eigenvalue weighted by atomic mass is 16.5. The summed E-state index contributed by atoms with van der Waals surface area (Å²) in [5, 5.41) is 7.52. The Hall–Kier alpha value is -0.830. The monoisotopic (exact) mass is 194 g/mol.